The van der Waals surface area contributed by atoms with Crippen LogP contribution >= 0.6 is 0 Å². The molecule has 0 saturated heterocycles. The van der Waals surface area contributed by atoms with Gasteiger partial charge < -0.3 is 19.6 Å². The van der Waals surface area contributed by atoms with E-state index in [1.165, 1.54) is 18.2 Å². The zero-order valence-corrected chi connectivity index (χ0v) is 15.1. The average molecular weight is 368 g/mol. The largest absolute Gasteiger partial charge is 0.490 e. The summed E-state index contributed by atoms with van der Waals surface area (Å²) < 4.78 is 11.2. The van der Waals surface area contributed by atoms with E-state index in [9.17, 15) is 9.59 Å². The van der Waals surface area contributed by atoms with Gasteiger partial charge in [-0.3, -0.25) is 4.79 Å². The summed E-state index contributed by atoms with van der Waals surface area (Å²) >= 11 is 0. The first-order chi connectivity index (χ1) is 13.0. The molecule has 7 heteroatoms. The lowest BCUT2D eigenvalue weighted by Gasteiger charge is -2.12. The Kier molecular flexibility index (Phi) is 5.40. The number of aromatic nitrogens is 2. The Bertz CT molecular complexity index is 1040. The molecule has 3 rings (SSSR count). The molecule has 0 atom stereocenters. The second-order valence-corrected chi connectivity index (χ2v) is 5.87. The summed E-state index contributed by atoms with van der Waals surface area (Å²) in [6.45, 7) is 4.83. The number of benzene rings is 2. The van der Waals surface area contributed by atoms with Gasteiger partial charge in [0.1, 0.15) is 5.82 Å². The molecule has 0 aliphatic carbocycles. The third-order valence-electron chi connectivity index (χ3n) is 3.98. The summed E-state index contributed by atoms with van der Waals surface area (Å²) in [5, 5.41) is 9.48. The smallest absolute Gasteiger partial charge is 0.335 e. The highest BCUT2D eigenvalue weighted by molar-refractivity contribution is 5.92. The van der Waals surface area contributed by atoms with Gasteiger partial charge in [-0.15, -0.1) is 0 Å². The van der Waals surface area contributed by atoms with Crippen molar-refractivity contribution >= 4 is 16.9 Å². The van der Waals surface area contributed by atoms with Crippen molar-refractivity contribution in [2.45, 2.75) is 20.3 Å². The number of ether oxygens (including phenoxy) is 2. The fraction of sp³-hybridized carbons (Fsp3) is 0.250. The van der Waals surface area contributed by atoms with Gasteiger partial charge in [0.05, 0.1) is 29.7 Å². The van der Waals surface area contributed by atoms with Crippen LogP contribution in [-0.4, -0.2) is 34.3 Å². The number of H-pyrrole nitrogens is 1. The molecule has 7 nitrogen and oxygen atoms in total. The Hall–Kier alpha value is -3.35. The van der Waals surface area contributed by atoms with E-state index in [-0.39, 0.29) is 11.1 Å². The average Bonchev–Trinajstić information content (AvgIpc) is 2.63. The molecule has 0 fully saturated rings. The number of carboxylic acid groups (broad SMARTS) is 1. The minimum atomic E-state index is -1.06. The molecule has 140 valence electrons. The molecule has 2 N–H and O–H groups in total. The summed E-state index contributed by atoms with van der Waals surface area (Å²) in [4.78, 5) is 30.6. The van der Waals surface area contributed by atoms with E-state index in [2.05, 4.69) is 9.97 Å². The van der Waals surface area contributed by atoms with Crippen molar-refractivity contribution in [2.24, 2.45) is 0 Å². The topological polar surface area (TPSA) is 102 Å². The lowest BCUT2D eigenvalue weighted by molar-refractivity contribution is 0.0697. The van der Waals surface area contributed by atoms with Crippen molar-refractivity contribution in [1.29, 1.82) is 0 Å². The number of hydrogen-bond acceptors (Lipinski definition) is 5. The first kappa shape index (κ1) is 18.4. The molecule has 3 aromatic rings. The maximum atomic E-state index is 12.3. The van der Waals surface area contributed by atoms with Gasteiger partial charge in [0, 0.05) is 6.42 Å². The molecule has 0 aliphatic heterocycles. The lowest BCUT2D eigenvalue weighted by atomic mass is 10.1. The fourth-order valence-corrected chi connectivity index (χ4v) is 2.80. The van der Waals surface area contributed by atoms with Crippen LogP contribution in [0.15, 0.2) is 41.2 Å². The maximum Gasteiger partial charge on any atom is 0.335 e. The maximum absolute atomic E-state index is 12.3. The Morgan fingerprint density at radius 1 is 1.07 bits per heavy atom. The van der Waals surface area contributed by atoms with E-state index < -0.39 is 5.97 Å². The van der Waals surface area contributed by atoms with Crippen LogP contribution < -0.4 is 15.0 Å². The molecule has 0 bridgehead atoms. The van der Waals surface area contributed by atoms with E-state index in [0.29, 0.717) is 47.9 Å². The van der Waals surface area contributed by atoms with Crippen LogP contribution in [0.5, 0.6) is 11.5 Å². The number of nitrogens with one attached hydrogen (secondary N) is 1. The SMILES string of the molecule is CCOc1ccc(Cc2nc3cc(C(=O)O)ccc3c(=O)[nH]2)cc1OCC. The van der Waals surface area contributed by atoms with E-state index in [0.717, 1.165) is 5.56 Å². The summed E-state index contributed by atoms with van der Waals surface area (Å²) in [6, 6.07) is 9.82. The van der Waals surface area contributed by atoms with E-state index in [4.69, 9.17) is 14.6 Å². The fourth-order valence-electron chi connectivity index (χ4n) is 2.80. The molecule has 0 aliphatic rings. The standard InChI is InChI=1S/C20H20N2O5/c1-3-26-16-8-5-12(9-17(16)27-4-2)10-18-21-15-11-13(20(24)25)6-7-14(15)19(23)22-18/h5-9,11H,3-4,10H2,1-2H3,(H,24,25)(H,21,22,23). The number of fused-ring (bicyclic) bond motifs is 1. The van der Waals surface area contributed by atoms with Crippen LogP contribution in [0, 0.1) is 0 Å². The first-order valence-corrected chi connectivity index (χ1v) is 8.66. The zero-order valence-electron chi connectivity index (χ0n) is 15.1. The number of rotatable bonds is 7. The molecule has 2 aromatic carbocycles. The molecule has 0 saturated carbocycles. The third kappa shape index (κ3) is 4.08. The minimum absolute atomic E-state index is 0.0891. The second kappa shape index (κ2) is 7.90. The van der Waals surface area contributed by atoms with E-state index >= 15 is 0 Å². The number of carboxylic acids is 1. The zero-order chi connectivity index (χ0) is 19.4. The van der Waals surface area contributed by atoms with Gasteiger partial charge in [-0.25, -0.2) is 9.78 Å². The highest BCUT2D eigenvalue weighted by Gasteiger charge is 2.11. The summed E-state index contributed by atoms with van der Waals surface area (Å²) in [6.07, 6.45) is 0.370. The van der Waals surface area contributed by atoms with E-state index in [1.807, 2.05) is 32.0 Å². The van der Waals surface area contributed by atoms with Crippen molar-refractivity contribution in [3.05, 3.63) is 63.7 Å². The predicted octanol–water partition coefficient (Wildman–Crippen LogP) is 3.01. The molecule has 0 unspecified atom stereocenters. The van der Waals surface area contributed by atoms with Crippen LogP contribution in [0.1, 0.15) is 35.6 Å². The molecular formula is C20H20N2O5. The van der Waals surface area contributed by atoms with Crippen LogP contribution in [0.25, 0.3) is 10.9 Å². The summed E-state index contributed by atoms with van der Waals surface area (Å²) in [5.41, 5.74) is 1.03. The van der Waals surface area contributed by atoms with Crippen molar-refractivity contribution in [3.8, 4) is 11.5 Å². The molecule has 0 spiro atoms. The number of carbonyl (C=O) groups is 1. The van der Waals surface area contributed by atoms with Crippen LogP contribution in [0.3, 0.4) is 0 Å². The molecule has 1 aromatic heterocycles. The number of aromatic carboxylic acids is 1. The predicted molar refractivity (Wildman–Crippen MR) is 101 cm³/mol. The van der Waals surface area contributed by atoms with Crippen LogP contribution in [0.4, 0.5) is 0 Å². The Morgan fingerprint density at radius 2 is 1.81 bits per heavy atom. The van der Waals surface area contributed by atoms with Crippen molar-refractivity contribution in [3.63, 3.8) is 0 Å². The normalized spacial score (nSPS) is 10.7. The molecule has 0 radical (unpaired) electrons. The van der Waals surface area contributed by atoms with E-state index in [1.54, 1.807) is 0 Å². The first-order valence-electron chi connectivity index (χ1n) is 8.66. The highest BCUT2D eigenvalue weighted by Crippen LogP contribution is 2.29. The third-order valence-corrected chi connectivity index (χ3v) is 3.98. The van der Waals surface area contributed by atoms with Crippen LogP contribution in [0.2, 0.25) is 0 Å². The number of nitrogens with zero attached hydrogens (tertiary/aromatic N) is 1. The molecular weight excluding hydrogens is 348 g/mol. The molecule has 27 heavy (non-hydrogen) atoms. The van der Waals surface area contributed by atoms with Crippen LogP contribution in [-0.2, 0) is 6.42 Å². The van der Waals surface area contributed by atoms with Gasteiger partial charge in [0.15, 0.2) is 11.5 Å². The minimum Gasteiger partial charge on any atom is -0.490 e. The van der Waals surface area contributed by atoms with Gasteiger partial charge in [0.25, 0.3) is 5.56 Å². The monoisotopic (exact) mass is 368 g/mol. The lowest BCUT2D eigenvalue weighted by Crippen LogP contribution is -2.13. The highest BCUT2D eigenvalue weighted by atomic mass is 16.5. The quantitative estimate of drug-likeness (QED) is 0.665. The Labute approximate surface area is 155 Å². The molecule has 0 amide bonds. The Morgan fingerprint density at radius 3 is 2.52 bits per heavy atom. The summed E-state index contributed by atoms with van der Waals surface area (Å²) in [5.74, 6) is 0.678. The van der Waals surface area contributed by atoms with Crippen molar-refractivity contribution < 1.29 is 19.4 Å². The van der Waals surface area contributed by atoms with Gasteiger partial charge >= 0.3 is 5.97 Å². The van der Waals surface area contributed by atoms with Crippen molar-refractivity contribution in [1.82, 2.24) is 9.97 Å². The Balaban J connectivity index is 1.97. The van der Waals surface area contributed by atoms with Crippen molar-refractivity contribution in [2.75, 3.05) is 13.2 Å². The van der Waals surface area contributed by atoms with Gasteiger partial charge in [0.2, 0.25) is 0 Å². The number of hydrogen-bond donors (Lipinski definition) is 2. The van der Waals surface area contributed by atoms with Gasteiger partial charge in [-0.05, 0) is 49.7 Å². The van der Waals surface area contributed by atoms with Gasteiger partial charge in [-0.2, -0.15) is 0 Å². The number of aromatic amines is 1. The van der Waals surface area contributed by atoms with Gasteiger partial charge in [-0.1, -0.05) is 6.07 Å². The summed E-state index contributed by atoms with van der Waals surface area (Å²) in [7, 11) is 0. The second-order valence-electron chi connectivity index (χ2n) is 5.87. The molecule has 1 heterocycles.